The Balaban J connectivity index is 0.00000242. The Morgan fingerprint density at radius 3 is 2.68 bits per heavy atom. The third kappa shape index (κ3) is 4.50. The minimum Gasteiger partial charge on any atom is -0.493 e. The molecule has 2 atom stereocenters. The van der Waals surface area contributed by atoms with Gasteiger partial charge in [-0.05, 0) is 24.6 Å². The van der Waals surface area contributed by atoms with Crippen molar-refractivity contribution >= 4 is 18.3 Å². The van der Waals surface area contributed by atoms with Gasteiger partial charge >= 0.3 is 0 Å². The van der Waals surface area contributed by atoms with Crippen LogP contribution in [0.4, 0.5) is 0 Å². The summed E-state index contributed by atoms with van der Waals surface area (Å²) in [6, 6.07) is 5.20. The minimum absolute atomic E-state index is 0. The van der Waals surface area contributed by atoms with Crippen molar-refractivity contribution in [1.29, 1.82) is 0 Å². The summed E-state index contributed by atoms with van der Waals surface area (Å²) in [5, 5.41) is 6.11. The molecular formula is C15H23ClN2O4. The first kappa shape index (κ1) is 18.5. The number of benzene rings is 1. The third-order valence-electron chi connectivity index (χ3n) is 3.50. The maximum absolute atomic E-state index is 12.1. The van der Waals surface area contributed by atoms with Crippen LogP contribution in [0.5, 0.6) is 11.5 Å². The maximum atomic E-state index is 12.1. The second kappa shape index (κ2) is 8.82. The highest BCUT2D eigenvalue weighted by molar-refractivity contribution is 5.85. The van der Waals surface area contributed by atoms with Crippen LogP contribution in [-0.2, 0) is 9.53 Å². The summed E-state index contributed by atoms with van der Waals surface area (Å²) in [5.41, 5.74) is 0.956. The number of morpholine rings is 1. The number of hydrogen-bond acceptors (Lipinski definition) is 5. The van der Waals surface area contributed by atoms with E-state index in [1.807, 2.05) is 25.1 Å². The highest BCUT2D eigenvalue weighted by Gasteiger charge is 2.23. The molecule has 1 aliphatic heterocycles. The fraction of sp³-hybridized carbons (Fsp3) is 0.533. The molecule has 1 heterocycles. The largest absolute Gasteiger partial charge is 0.493 e. The third-order valence-corrected chi connectivity index (χ3v) is 3.50. The van der Waals surface area contributed by atoms with E-state index < -0.39 is 0 Å². The molecule has 0 saturated carbocycles. The molecule has 124 valence electrons. The first-order chi connectivity index (χ1) is 10.2. The zero-order chi connectivity index (χ0) is 15.2. The summed E-state index contributed by atoms with van der Waals surface area (Å²) >= 11 is 0. The van der Waals surface area contributed by atoms with Gasteiger partial charge in [-0.15, -0.1) is 12.4 Å². The van der Waals surface area contributed by atoms with E-state index >= 15 is 0 Å². The first-order valence-electron chi connectivity index (χ1n) is 6.99. The summed E-state index contributed by atoms with van der Waals surface area (Å²) in [7, 11) is 3.19. The molecule has 22 heavy (non-hydrogen) atoms. The van der Waals surface area contributed by atoms with Gasteiger partial charge in [-0.3, -0.25) is 4.79 Å². The van der Waals surface area contributed by atoms with Crippen LogP contribution in [0.15, 0.2) is 18.2 Å². The van der Waals surface area contributed by atoms with Crippen LogP contribution >= 0.6 is 12.4 Å². The van der Waals surface area contributed by atoms with Crippen molar-refractivity contribution in [3.8, 4) is 11.5 Å². The zero-order valence-electron chi connectivity index (χ0n) is 13.0. The summed E-state index contributed by atoms with van der Waals surface area (Å²) < 4.78 is 15.8. The first-order valence-corrected chi connectivity index (χ1v) is 6.99. The van der Waals surface area contributed by atoms with Crippen LogP contribution < -0.4 is 20.1 Å². The van der Waals surface area contributed by atoms with Gasteiger partial charge in [0.2, 0.25) is 5.91 Å². The van der Waals surface area contributed by atoms with Gasteiger partial charge in [0.05, 0.1) is 33.5 Å². The Labute approximate surface area is 136 Å². The van der Waals surface area contributed by atoms with Crippen LogP contribution in [-0.4, -0.2) is 45.9 Å². The molecule has 2 unspecified atom stereocenters. The minimum atomic E-state index is -0.290. The van der Waals surface area contributed by atoms with Gasteiger partial charge in [0.25, 0.3) is 0 Å². The molecule has 1 aromatic rings. The van der Waals surface area contributed by atoms with Crippen molar-refractivity contribution in [3.63, 3.8) is 0 Å². The predicted molar refractivity (Wildman–Crippen MR) is 86.0 cm³/mol. The number of methoxy groups -OCH3 is 2. The molecule has 1 aromatic carbocycles. The van der Waals surface area contributed by atoms with E-state index in [4.69, 9.17) is 14.2 Å². The van der Waals surface area contributed by atoms with E-state index in [1.165, 1.54) is 0 Å². The molecule has 7 heteroatoms. The number of nitrogens with one attached hydrogen (secondary N) is 2. The van der Waals surface area contributed by atoms with Crippen molar-refractivity contribution in [2.24, 2.45) is 0 Å². The lowest BCUT2D eigenvalue weighted by Gasteiger charge is -2.25. The number of carbonyl (C=O) groups is 1. The van der Waals surface area contributed by atoms with Crippen molar-refractivity contribution < 1.29 is 19.0 Å². The molecule has 1 aliphatic rings. The van der Waals surface area contributed by atoms with Crippen molar-refractivity contribution in [3.05, 3.63) is 23.8 Å². The summed E-state index contributed by atoms with van der Waals surface area (Å²) in [4.78, 5) is 12.1. The smallest absolute Gasteiger partial charge is 0.240 e. The number of carbonyl (C=O) groups excluding carboxylic acids is 1. The number of halogens is 1. The number of rotatable bonds is 5. The summed E-state index contributed by atoms with van der Waals surface area (Å²) in [6.45, 7) is 3.69. The molecule has 2 N–H and O–H groups in total. The van der Waals surface area contributed by atoms with E-state index in [0.29, 0.717) is 31.3 Å². The average molecular weight is 331 g/mol. The quantitative estimate of drug-likeness (QED) is 0.851. The van der Waals surface area contributed by atoms with Crippen LogP contribution in [0.3, 0.4) is 0 Å². The molecule has 1 saturated heterocycles. The molecule has 1 fully saturated rings. The lowest BCUT2D eigenvalue weighted by molar-refractivity contribution is -0.126. The second-order valence-corrected chi connectivity index (χ2v) is 4.93. The fourth-order valence-electron chi connectivity index (χ4n) is 2.25. The molecular weight excluding hydrogens is 308 g/mol. The normalized spacial score (nSPS) is 18.8. The predicted octanol–water partition coefficient (Wildman–Crippen LogP) is 1.29. The lowest BCUT2D eigenvalue weighted by Crippen LogP contribution is -2.51. The van der Waals surface area contributed by atoms with Crippen molar-refractivity contribution in [2.45, 2.75) is 19.0 Å². The lowest BCUT2D eigenvalue weighted by atomic mass is 10.1. The Kier molecular flexibility index (Phi) is 7.44. The number of amides is 1. The fourth-order valence-corrected chi connectivity index (χ4v) is 2.25. The van der Waals surface area contributed by atoms with Gasteiger partial charge in [-0.2, -0.15) is 0 Å². The van der Waals surface area contributed by atoms with Crippen LogP contribution in [0.1, 0.15) is 18.5 Å². The average Bonchev–Trinajstić information content (AvgIpc) is 2.54. The molecule has 0 radical (unpaired) electrons. The second-order valence-electron chi connectivity index (χ2n) is 4.93. The molecule has 2 rings (SSSR count). The van der Waals surface area contributed by atoms with Gasteiger partial charge in [-0.1, -0.05) is 6.07 Å². The number of hydrogen-bond donors (Lipinski definition) is 2. The van der Waals surface area contributed by atoms with E-state index in [9.17, 15) is 4.79 Å². The maximum Gasteiger partial charge on any atom is 0.240 e. The van der Waals surface area contributed by atoms with Crippen molar-refractivity contribution in [2.75, 3.05) is 34.0 Å². The topological polar surface area (TPSA) is 68.8 Å². The van der Waals surface area contributed by atoms with Crippen LogP contribution in [0.25, 0.3) is 0 Å². The van der Waals surface area contributed by atoms with E-state index in [-0.39, 0.29) is 30.4 Å². The van der Waals surface area contributed by atoms with E-state index in [2.05, 4.69) is 10.6 Å². The highest BCUT2D eigenvalue weighted by Crippen LogP contribution is 2.29. The monoisotopic (exact) mass is 330 g/mol. The molecule has 0 spiro atoms. The standard InChI is InChI=1S/C15H22N2O4.ClH/c1-10(17-15(18)12-9-21-7-6-16-12)11-4-5-13(19-2)14(8-11)20-3;/h4-5,8,10,12,16H,6-7,9H2,1-3H3,(H,17,18);1H. The molecule has 6 nitrogen and oxygen atoms in total. The Morgan fingerprint density at radius 1 is 1.36 bits per heavy atom. The summed E-state index contributed by atoms with van der Waals surface area (Å²) in [5.74, 6) is 1.26. The Morgan fingerprint density at radius 2 is 2.09 bits per heavy atom. The van der Waals surface area contributed by atoms with Crippen molar-refractivity contribution in [1.82, 2.24) is 10.6 Å². The highest BCUT2D eigenvalue weighted by atomic mass is 35.5. The van der Waals surface area contributed by atoms with Gasteiger partial charge in [-0.25, -0.2) is 0 Å². The SMILES string of the molecule is COc1ccc(C(C)NC(=O)C2COCCN2)cc1OC.Cl. The van der Waals surface area contributed by atoms with Crippen LogP contribution in [0.2, 0.25) is 0 Å². The summed E-state index contributed by atoms with van der Waals surface area (Å²) in [6.07, 6.45) is 0. The van der Waals surface area contributed by atoms with Crippen LogP contribution in [0, 0.1) is 0 Å². The van der Waals surface area contributed by atoms with E-state index in [1.54, 1.807) is 14.2 Å². The van der Waals surface area contributed by atoms with E-state index in [0.717, 1.165) is 5.56 Å². The van der Waals surface area contributed by atoms with Gasteiger partial charge in [0, 0.05) is 6.54 Å². The molecule has 0 aliphatic carbocycles. The molecule has 0 aromatic heterocycles. The van der Waals surface area contributed by atoms with Gasteiger partial charge < -0.3 is 24.8 Å². The zero-order valence-corrected chi connectivity index (χ0v) is 13.9. The Hall–Kier alpha value is -1.50. The van der Waals surface area contributed by atoms with Gasteiger partial charge in [0.15, 0.2) is 11.5 Å². The molecule has 0 bridgehead atoms. The Bertz CT molecular complexity index is 492. The van der Waals surface area contributed by atoms with Gasteiger partial charge in [0.1, 0.15) is 6.04 Å². The molecule has 1 amide bonds. The number of ether oxygens (including phenoxy) is 3.